The number of nitrogens with two attached hydrogens (primary N) is 1. The number of likely N-dealkylation sites (tertiary alicyclic amines) is 1. The number of nitrogens with zero attached hydrogens (tertiary/aromatic N) is 1. The lowest BCUT2D eigenvalue weighted by Gasteiger charge is -2.37. The molecular formula is C15H22IN3O. The number of hydrogen-bond donors (Lipinski definition) is 2. The van der Waals surface area contributed by atoms with E-state index in [-0.39, 0.29) is 5.91 Å². The van der Waals surface area contributed by atoms with Gasteiger partial charge in [-0.15, -0.1) is 0 Å². The summed E-state index contributed by atoms with van der Waals surface area (Å²) in [7, 11) is 0. The Morgan fingerprint density at radius 2 is 2.25 bits per heavy atom. The Labute approximate surface area is 134 Å². The van der Waals surface area contributed by atoms with E-state index >= 15 is 0 Å². The number of amides is 1. The zero-order valence-electron chi connectivity index (χ0n) is 11.8. The largest absolute Gasteiger partial charge is 0.329 e. The molecule has 1 fully saturated rings. The second kappa shape index (κ2) is 7.38. The number of rotatable bonds is 4. The van der Waals surface area contributed by atoms with Crippen molar-refractivity contribution in [2.45, 2.75) is 25.8 Å². The van der Waals surface area contributed by atoms with E-state index < -0.39 is 0 Å². The molecule has 0 bridgehead atoms. The molecule has 1 amide bonds. The molecule has 110 valence electrons. The molecule has 1 aromatic carbocycles. The van der Waals surface area contributed by atoms with Crippen LogP contribution < -0.4 is 11.1 Å². The molecule has 4 nitrogen and oxygen atoms in total. The number of hydrogen-bond acceptors (Lipinski definition) is 3. The van der Waals surface area contributed by atoms with Crippen molar-refractivity contribution in [2.75, 3.05) is 25.0 Å². The number of halogens is 1. The highest BCUT2D eigenvalue weighted by molar-refractivity contribution is 14.1. The van der Waals surface area contributed by atoms with Crippen LogP contribution >= 0.6 is 22.6 Å². The summed E-state index contributed by atoms with van der Waals surface area (Å²) < 4.78 is 1.06. The van der Waals surface area contributed by atoms with E-state index in [9.17, 15) is 4.79 Å². The third kappa shape index (κ3) is 4.17. The van der Waals surface area contributed by atoms with Crippen LogP contribution in [-0.4, -0.2) is 36.5 Å². The molecule has 0 aromatic heterocycles. The molecule has 1 aromatic rings. The van der Waals surface area contributed by atoms with Gasteiger partial charge in [-0.05, 0) is 60.0 Å². The second-order valence-corrected chi connectivity index (χ2v) is 6.68. The van der Waals surface area contributed by atoms with Crippen LogP contribution in [0.2, 0.25) is 0 Å². The van der Waals surface area contributed by atoms with Crippen molar-refractivity contribution in [1.82, 2.24) is 4.90 Å². The molecule has 1 aliphatic rings. The molecule has 0 saturated carbocycles. The number of nitrogens with one attached hydrogen (secondary N) is 1. The fraction of sp³-hybridized carbons (Fsp3) is 0.533. The minimum atomic E-state index is 0.0436. The Hall–Kier alpha value is -0.660. The summed E-state index contributed by atoms with van der Waals surface area (Å²) >= 11 is 2.23. The van der Waals surface area contributed by atoms with Gasteiger partial charge in [0.2, 0.25) is 5.91 Å². The molecule has 2 rings (SSSR count). The molecule has 1 saturated heterocycles. The second-order valence-electron chi connectivity index (χ2n) is 5.52. The van der Waals surface area contributed by atoms with Crippen LogP contribution in [0.15, 0.2) is 24.3 Å². The zero-order chi connectivity index (χ0) is 14.5. The van der Waals surface area contributed by atoms with Crippen LogP contribution in [0, 0.1) is 9.49 Å². The monoisotopic (exact) mass is 387 g/mol. The predicted molar refractivity (Wildman–Crippen MR) is 90.6 cm³/mol. The summed E-state index contributed by atoms with van der Waals surface area (Å²) in [5, 5.41) is 2.98. The Morgan fingerprint density at radius 3 is 2.95 bits per heavy atom. The first-order valence-electron chi connectivity index (χ1n) is 7.08. The van der Waals surface area contributed by atoms with E-state index in [2.05, 4.69) is 39.7 Å². The molecule has 2 atom stereocenters. The molecule has 3 N–H and O–H groups in total. The minimum Gasteiger partial charge on any atom is -0.329 e. The molecule has 1 heterocycles. The Bertz CT molecular complexity index is 466. The third-order valence-corrected chi connectivity index (χ3v) is 4.81. The van der Waals surface area contributed by atoms with Gasteiger partial charge in [0.15, 0.2) is 0 Å². The lowest BCUT2D eigenvalue weighted by molar-refractivity contribution is -0.118. The highest BCUT2D eigenvalue weighted by Gasteiger charge is 2.26. The van der Waals surface area contributed by atoms with Crippen molar-refractivity contribution in [1.29, 1.82) is 0 Å². The van der Waals surface area contributed by atoms with Crippen LogP contribution in [-0.2, 0) is 4.79 Å². The van der Waals surface area contributed by atoms with Crippen molar-refractivity contribution in [3.05, 3.63) is 27.8 Å². The van der Waals surface area contributed by atoms with Crippen molar-refractivity contribution < 1.29 is 4.79 Å². The first-order chi connectivity index (χ1) is 9.60. The molecule has 20 heavy (non-hydrogen) atoms. The summed E-state index contributed by atoms with van der Waals surface area (Å²) in [6, 6.07) is 8.15. The standard InChI is InChI=1S/C15H22IN3O/c1-11-6-7-19(12(8-11)9-17)10-15(20)18-14-5-3-2-4-13(14)16/h2-5,11-12H,6-10,17H2,1H3,(H,18,20). The summed E-state index contributed by atoms with van der Waals surface area (Å²) in [4.78, 5) is 14.4. The van der Waals surface area contributed by atoms with Gasteiger partial charge in [-0.3, -0.25) is 9.69 Å². The lowest BCUT2D eigenvalue weighted by atomic mass is 9.92. The van der Waals surface area contributed by atoms with Gasteiger partial charge in [0.25, 0.3) is 0 Å². The van der Waals surface area contributed by atoms with Gasteiger partial charge in [-0.2, -0.15) is 0 Å². The first kappa shape index (κ1) is 15.7. The van der Waals surface area contributed by atoms with Crippen molar-refractivity contribution in [2.24, 2.45) is 11.7 Å². The highest BCUT2D eigenvalue weighted by Crippen LogP contribution is 2.22. The van der Waals surface area contributed by atoms with E-state index in [1.165, 1.54) is 0 Å². The van der Waals surface area contributed by atoms with Gasteiger partial charge in [0.05, 0.1) is 12.2 Å². The number of benzene rings is 1. The Balaban J connectivity index is 1.92. The number of anilines is 1. The number of carbonyl (C=O) groups is 1. The van der Waals surface area contributed by atoms with Gasteiger partial charge >= 0.3 is 0 Å². The Morgan fingerprint density at radius 1 is 1.50 bits per heavy atom. The quantitative estimate of drug-likeness (QED) is 0.780. The van der Waals surface area contributed by atoms with Crippen LogP contribution in [0.25, 0.3) is 0 Å². The number of carbonyl (C=O) groups excluding carboxylic acids is 1. The van der Waals surface area contributed by atoms with Crippen LogP contribution in [0.1, 0.15) is 19.8 Å². The third-order valence-electron chi connectivity index (χ3n) is 3.87. The van der Waals surface area contributed by atoms with Gasteiger partial charge in [-0.25, -0.2) is 0 Å². The average molecular weight is 387 g/mol. The SMILES string of the molecule is CC1CCN(CC(=O)Nc2ccccc2I)C(CN)C1. The topological polar surface area (TPSA) is 58.4 Å². The summed E-state index contributed by atoms with van der Waals surface area (Å²) in [6.07, 6.45) is 2.24. The fourth-order valence-corrected chi connectivity index (χ4v) is 3.21. The lowest BCUT2D eigenvalue weighted by Crippen LogP contribution is -2.49. The zero-order valence-corrected chi connectivity index (χ0v) is 14.0. The summed E-state index contributed by atoms with van der Waals surface area (Å²) in [6.45, 7) is 4.27. The van der Waals surface area contributed by atoms with Crippen LogP contribution in [0.5, 0.6) is 0 Å². The minimum absolute atomic E-state index is 0.0436. The van der Waals surface area contributed by atoms with Crippen LogP contribution in [0.4, 0.5) is 5.69 Å². The van der Waals surface area contributed by atoms with E-state index in [1.54, 1.807) is 0 Å². The van der Waals surface area contributed by atoms with E-state index in [4.69, 9.17) is 5.73 Å². The average Bonchev–Trinajstić information content (AvgIpc) is 2.43. The molecule has 1 aliphatic heterocycles. The highest BCUT2D eigenvalue weighted by atomic mass is 127. The summed E-state index contributed by atoms with van der Waals surface area (Å²) in [5.41, 5.74) is 6.72. The molecule has 0 spiro atoms. The smallest absolute Gasteiger partial charge is 0.238 e. The maximum absolute atomic E-state index is 12.2. The fourth-order valence-electron chi connectivity index (χ4n) is 2.69. The number of piperidine rings is 1. The molecule has 2 unspecified atom stereocenters. The molecule has 5 heteroatoms. The predicted octanol–water partition coefficient (Wildman–Crippen LogP) is 2.29. The van der Waals surface area contributed by atoms with Gasteiger partial charge in [0, 0.05) is 16.2 Å². The number of para-hydroxylation sites is 1. The van der Waals surface area contributed by atoms with Gasteiger partial charge in [0.1, 0.15) is 0 Å². The van der Waals surface area contributed by atoms with Gasteiger partial charge in [-0.1, -0.05) is 19.1 Å². The maximum atomic E-state index is 12.2. The molecular weight excluding hydrogens is 365 g/mol. The van der Waals surface area contributed by atoms with E-state index in [0.29, 0.717) is 25.0 Å². The molecule has 0 aliphatic carbocycles. The van der Waals surface area contributed by atoms with Crippen molar-refractivity contribution in [3.63, 3.8) is 0 Å². The normalized spacial score (nSPS) is 23.6. The molecule has 0 radical (unpaired) electrons. The maximum Gasteiger partial charge on any atom is 0.238 e. The van der Waals surface area contributed by atoms with E-state index in [0.717, 1.165) is 28.6 Å². The van der Waals surface area contributed by atoms with Gasteiger partial charge < -0.3 is 11.1 Å². The van der Waals surface area contributed by atoms with Crippen molar-refractivity contribution >= 4 is 34.2 Å². The van der Waals surface area contributed by atoms with E-state index in [1.807, 2.05) is 24.3 Å². The van der Waals surface area contributed by atoms with Crippen molar-refractivity contribution in [3.8, 4) is 0 Å². The summed E-state index contributed by atoms with van der Waals surface area (Å²) in [5.74, 6) is 0.750. The Kier molecular flexibility index (Phi) is 5.80. The first-order valence-corrected chi connectivity index (χ1v) is 8.16. The van der Waals surface area contributed by atoms with Crippen LogP contribution in [0.3, 0.4) is 0 Å².